The number of amides is 1. The van der Waals surface area contributed by atoms with Gasteiger partial charge >= 0.3 is 0 Å². The number of carbonyl (C=O) groups excluding carboxylic acids is 1. The standard InChI is InChI=1S/C23H36N2O2/c1-3-20-12-6-7-16-25(20)17-9-15-24-23(26)18(2)27-22-14-8-11-19-10-4-5-13-21(19)22/h8,11,14,18,20H,3-7,9-10,12-13,15-17H2,1-2H3,(H,24,26)/t18-,20-/m1/s1. The average Bonchev–Trinajstić information content (AvgIpc) is 2.71. The third kappa shape index (κ3) is 5.47. The number of carbonyl (C=O) groups is 1. The van der Waals surface area contributed by atoms with E-state index in [1.807, 2.05) is 19.1 Å². The molecule has 1 heterocycles. The summed E-state index contributed by atoms with van der Waals surface area (Å²) in [5.74, 6) is 0.892. The van der Waals surface area contributed by atoms with Crippen molar-refractivity contribution in [3.05, 3.63) is 29.3 Å². The highest BCUT2D eigenvalue weighted by Gasteiger charge is 2.21. The zero-order valence-corrected chi connectivity index (χ0v) is 17.1. The first kappa shape index (κ1) is 20.2. The van der Waals surface area contributed by atoms with Crippen molar-refractivity contribution in [1.82, 2.24) is 10.2 Å². The molecule has 3 rings (SSSR count). The molecule has 1 aliphatic heterocycles. The van der Waals surface area contributed by atoms with Crippen molar-refractivity contribution in [1.29, 1.82) is 0 Å². The zero-order valence-electron chi connectivity index (χ0n) is 17.1. The third-order valence-electron chi connectivity index (χ3n) is 6.17. The molecule has 0 bridgehead atoms. The molecule has 1 saturated heterocycles. The molecule has 1 fully saturated rings. The molecule has 0 radical (unpaired) electrons. The number of piperidine rings is 1. The zero-order chi connectivity index (χ0) is 19.1. The van der Waals surface area contributed by atoms with Gasteiger partial charge in [0.05, 0.1) is 0 Å². The van der Waals surface area contributed by atoms with E-state index in [0.717, 1.165) is 44.1 Å². The molecule has 0 unspecified atom stereocenters. The molecular weight excluding hydrogens is 336 g/mol. The lowest BCUT2D eigenvalue weighted by Gasteiger charge is -2.35. The second kappa shape index (κ2) is 10.1. The fourth-order valence-corrected chi connectivity index (χ4v) is 4.55. The molecule has 27 heavy (non-hydrogen) atoms. The van der Waals surface area contributed by atoms with Gasteiger partial charge in [-0.15, -0.1) is 0 Å². The van der Waals surface area contributed by atoms with Gasteiger partial charge in [-0.05, 0) is 82.0 Å². The number of nitrogens with one attached hydrogen (secondary N) is 1. The Balaban J connectivity index is 1.42. The van der Waals surface area contributed by atoms with Gasteiger partial charge in [0.2, 0.25) is 0 Å². The van der Waals surface area contributed by atoms with E-state index in [1.54, 1.807) is 0 Å². The van der Waals surface area contributed by atoms with Gasteiger partial charge in [0, 0.05) is 19.1 Å². The lowest BCUT2D eigenvalue weighted by Crippen LogP contribution is -2.41. The summed E-state index contributed by atoms with van der Waals surface area (Å²) in [5, 5.41) is 3.06. The van der Waals surface area contributed by atoms with E-state index in [-0.39, 0.29) is 5.91 Å². The minimum Gasteiger partial charge on any atom is -0.481 e. The third-order valence-corrected chi connectivity index (χ3v) is 6.17. The molecule has 1 N–H and O–H groups in total. The maximum atomic E-state index is 12.4. The van der Waals surface area contributed by atoms with Crippen LogP contribution in [0, 0.1) is 0 Å². The SMILES string of the molecule is CC[C@@H]1CCCCN1CCCNC(=O)[C@@H](C)Oc1cccc2c1CCCC2. The Kier molecular flexibility index (Phi) is 7.57. The number of benzene rings is 1. The van der Waals surface area contributed by atoms with Crippen molar-refractivity contribution in [2.45, 2.75) is 83.8 Å². The fraction of sp³-hybridized carbons (Fsp3) is 0.696. The first-order valence-electron chi connectivity index (χ1n) is 11.0. The Morgan fingerprint density at radius 1 is 1.26 bits per heavy atom. The summed E-state index contributed by atoms with van der Waals surface area (Å²) in [4.78, 5) is 15.0. The Hall–Kier alpha value is -1.55. The van der Waals surface area contributed by atoms with Gasteiger partial charge in [-0.25, -0.2) is 0 Å². The second-order valence-corrected chi connectivity index (χ2v) is 8.10. The van der Waals surface area contributed by atoms with Gasteiger partial charge in [0.25, 0.3) is 5.91 Å². The number of hydrogen-bond donors (Lipinski definition) is 1. The Labute approximate surface area is 164 Å². The van der Waals surface area contributed by atoms with Crippen LogP contribution in [0.15, 0.2) is 18.2 Å². The summed E-state index contributed by atoms with van der Waals surface area (Å²) < 4.78 is 6.03. The van der Waals surface area contributed by atoms with E-state index in [0.29, 0.717) is 0 Å². The van der Waals surface area contributed by atoms with Gasteiger partial charge in [-0.2, -0.15) is 0 Å². The predicted octanol–water partition coefficient (Wildman–Crippen LogP) is 4.10. The molecule has 1 aliphatic carbocycles. The van der Waals surface area contributed by atoms with E-state index in [2.05, 4.69) is 23.2 Å². The minimum atomic E-state index is -0.447. The van der Waals surface area contributed by atoms with Crippen LogP contribution in [-0.4, -0.2) is 42.6 Å². The monoisotopic (exact) mass is 372 g/mol. The molecule has 4 heteroatoms. The van der Waals surface area contributed by atoms with E-state index < -0.39 is 6.10 Å². The lowest BCUT2D eigenvalue weighted by atomic mass is 9.91. The maximum Gasteiger partial charge on any atom is 0.260 e. The summed E-state index contributed by atoms with van der Waals surface area (Å²) in [7, 11) is 0. The van der Waals surface area contributed by atoms with Gasteiger partial charge in [-0.1, -0.05) is 25.5 Å². The highest BCUT2D eigenvalue weighted by Crippen LogP contribution is 2.30. The van der Waals surface area contributed by atoms with Gasteiger partial charge in [-0.3, -0.25) is 4.79 Å². The van der Waals surface area contributed by atoms with Crippen LogP contribution < -0.4 is 10.1 Å². The molecule has 2 aliphatic rings. The highest BCUT2D eigenvalue weighted by molar-refractivity contribution is 5.80. The van der Waals surface area contributed by atoms with Crippen molar-refractivity contribution >= 4 is 5.91 Å². The van der Waals surface area contributed by atoms with Gasteiger partial charge in [0.15, 0.2) is 6.10 Å². The highest BCUT2D eigenvalue weighted by atomic mass is 16.5. The van der Waals surface area contributed by atoms with Crippen LogP contribution in [0.3, 0.4) is 0 Å². The first-order valence-corrected chi connectivity index (χ1v) is 11.0. The van der Waals surface area contributed by atoms with E-state index >= 15 is 0 Å². The number of hydrogen-bond acceptors (Lipinski definition) is 3. The molecule has 0 spiro atoms. The summed E-state index contributed by atoms with van der Waals surface area (Å²) in [6.07, 6.45) is 10.5. The van der Waals surface area contributed by atoms with Crippen LogP contribution in [-0.2, 0) is 17.6 Å². The van der Waals surface area contributed by atoms with Crippen molar-refractivity contribution in [2.75, 3.05) is 19.6 Å². The summed E-state index contributed by atoms with van der Waals surface area (Å²) in [6, 6.07) is 6.99. The number of nitrogens with zero attached hydrogens (tertiary/aromatic N) is 1. The van der Waals surface area contributed by atoms with Crippen LogP contribution in [0.5, 0.6) is 5.75 Å². The van der Waals surface area contributed by atoms with Crippen LogP contribution in [0.2, 0.25) is 0 Å². The molecule has 1 amide bonds. The largest absolute Gasteiger partial charge is 0.481 e. The van der Waals surface area contributed by atoms with Gasteiger partial charge in [0.1, 0.15) is 5.75 Å². The van der Waals surface area contributed by atoms with E-state index in [9.17, 15) is 4.79 Å². The first-order chi connectivity index (χ1) is 13.2. The van der Waals surface area contributed by atoms with Crippen LogP contribution in [0.4, 0.5) is 0 Å². The van der Waals surface area contributed by atoms with Crippen molar-refractivity contribution in [2.24, 2.45) is 0 Å². The number of ether oxygens (including phenoxy) is 1. The topological polar surface area (TPSA) is 41.6 Å². The van der Waals surface area contributed by atoms with Gasteiger partial charge < -0.3 is 15.0 Å². The van der Waals surface area contributed by atoms with Crippen LogP contribution >= 0.6 is 0 Å². The summed E-state index contributed by atoms with van der Waals surface area (Å²) >= 11 is 0. The quantitative estimate of drug-likeness (QED) is 0.699. The molecule has 2 atom stereocenters. The molecule has 4 nitrogen and oxygen atoms in total. The Morgan fingerprint density at radius 3 is 2.96 bits per heavy atom. The molecule has 1 aromatic rings. The van der Waals surface area contributed by atoms with Crippen LogP contribution in [0.25, 0.3) is 0 Å². The molecule has 150 valence electrons. The molecule has 1 aromatic carbocycles. The fourth-order valence-electron chi connectivity index (χ4n) is 4.55. The minimum absolute atomic E-state index is 0.00546. The number of aryl methyl sites for hydroxylation is 1. The average molecular weight is 373 g/mol. The Bertz CT molecular complexity index is 616. The number of rotatable bonds is 8. The summed E-state index contributed by atoms with van der Waals surface area (Å²) in [6.45, 7) is 7.17. The second-order valence-electron chi connectivity index (χ2n) is 8.10. The van der Waals surface area contributed by atoms with Crippen molar-refractivity contribution < 1.29 is 9.53 Å². The van der Waals surface area contributed by atoms with Crippen molar-refractivity contribution in [3.8, 4) is 5.75 Å². The number of fused-ring (bicyclic) bond motifs is 1. The van der Waals surface area contributed by atoms with E-state index in [1.165, 1.54) is 56.2 Å². The Morgan fingerprint density at radius 2 is 2.11 bits per heavy atom. The van der Waals surface area contributed by atoms with Crippen molar-refractivity contribution in [3.63, 3.8) is 0 Å². The maximum absolute atomic E-state index is 12.4. The number of likely N-dealkylation sites (tertiary alicyclic amines) is 1. The van der Waals surface area contributed by atoms with Crippen LogP contribution in [0.1, 0.15) is 69.9 Å². The molecular formula is C23H36N2O2. The van der Waals surface area contributed by atoms with E-state index in [4.69, 9.17) is 4.74 Å². The molecule has 0 aromatic heterocycles. The summed E-state index contributed by atoms with van der Waals surface area (Å²) in [5.41, 5.74) is 2.69. The smallest absolute Gasteiger partial charge is 0.260 e. The lowest BCUT2D eigenvalue weighted by molar-refractivity contribution is -0.127. The predicted molar refractivity (Wildman–Crippen MR) is 110 cm³/mol. The normalized spacial score (nSPS) is 21.3. The molecule has 0 saturated carbocycles.